The average molecular weight is 224 g/mol. The lowest BCUT2D eigenvalue weighted by atomic mass is 10.7. The van der Waals surface area contributed by atoms with Crippen LogP contribution in [-0.2, 0) is 13.6 Å². The highest BCUT2D eigenvalue weighted by molar-refractivity contribution is 7.80. The zero-order valence-electron chi connectivity index (χ0n) is 7.41. The second kappa shape index (κ2) is 6.45. The van der Waals surface area contributed by atoms with Gasteiger partial charge in [-0.2, -0.15) is 0 Å². The molecule has 0 aromatic heterocycles. The Morgan fingerprint density at radius 2 is 2.23 bits per heavy atom. The third-order valence-electron chi connectivity index (χ3n) is 1.29. The quantitative estimate of drug-likeness (QED) is 0.409. The minimum Gasteiger partial charge on any atom is -0.366 e. The molecule has 0 bridgehead atoms. The number of hydrogen-bond acceptors (Lipinski definition) is 4. The minimum atomic E-state index is -1.08. The van der Waals surface area contributed by atoms with Crippen LogP contribution in [0.25, 0.3) is 0 Å². The maximum atomic E-state index is 5.27. The van der Waals surface area contributed by atoms with Crippen LogP contribution in [0.1, 0.15) is 0 Å². The zero-order chi connectivity index (χ0) is 9.52. The highest BCUT2D eigenvalue weighted by atomic mass is 32.1. The van der Waals surface area contributed by atoms with Gasteiger partial charge in [0.05, 0.1) is 19.8 Å². The first-order chi connectivity index (χ1) is 6.33. The van der Waals surface area contributed by atoms with E-state index in [2.05, 4.69) is 10.6 Å². The summed E-state index contributed by atoms with van der Waals surface area (Å²) in [5.41, 5.74) is 0. The van der Waals surface area contributed by atoms with Crippen LogP contribution < -0.4 is 10.6 Å². The van der Waals surface area contributed by atoms with Crippen LogP contribution in [-0.4, -0.2) is 38.5 Å². The molecule has 0 amide bonds. The van der Waals surface area contributed by atoms with Gasteiger partial charge in [0.1, 0.15) is 0 Å². The minimum absolute atomic E-state index is 0.535. The predicted molar refractivity (Wildman–Crippen MR) is 54.4 cm³/mol. The molecule has 1 fully saturated rings. The number of rotatable bonds is 4. The fourth-order valence-corrected chi connectivity index (χ4v) is 1.72. The van der Waals surface area contributed by atoms with Gasteiger partial charge in [0.25, 0.3) is 0 Å². The molecule has 2 N–H and O–H groups in total. The van der Waals surface area contributed by atoms with E-state index in [4.69, 9.17) is 25.8 Å². The summed E-state index contributed by atoms with van der Waals surface area (Å²) in [5.74, 6) is 0. The summed E-state index contributed by atoms with van der Waals surface area (Å²) < 4.78 is 15.5. The zero-order valence-corrected chi connectivity index (χ0v) is 9.12. The topological polar surface area (TPSA) is 51.8 Å². The molecule has 76 valence electrons. The van der Waals surface area contributed by atoms with Crippen LogP contribution in [0.5, 0.6) is 0 Å². The van der Waals surface area contributed by atoms with Crippen LogP contribution in [0, 0.1) is 0 Å². The molecule has 0 aromatic carbocycles. The monoisotopic (exact) mass is 224 g/mol. The molecule has 1 saturated heterocycles. The van der Waals surface area contributed by atoms with Crippen LogP contribution in [0.4, 0.5) is 0 Å². The van der Waals surface area contributed by atoms with E-state index in [0.29, 0.717) is 31.5 Å². The molecule has 13 heavy (non-hydrogen) atoms. The first-order valence-electron chi connectivity index (χ1n) is 3.97. The second-order valence-corrected chi connectivity index (χ2v) is 3.86. The fourth-order valence-electron chi connectivity index (χ4n) is 0.709. The van der Waals surface area contributed by atoms with Gasteiger partial charge in [-0.15, -0.1) is 0 Å². The van der Waals surface area contributed by atoms with Gasteiger partial charge in [-0.3, -0.25) is 0 Å². The first-order valence-corrected chi connectivity index (χ1v) is 5.48. The summed E-state index contributed by atoms with van der Waals surface area (Å²) in [6.45, 7) is 2.46. The first kappa shape index (κ1) is 11.1. The fraction of sp³-hybridized carbons (Fsp3) is 0.833. The molecule has 0 aromatic rings. The Balaban J connectivity index is 1.91. The molecule has 0 spiro atoms. The molecular formula is C6H13N2O3PS. The highest BCUT2D eigenvalue weighted by Gasteiger charge is 2.18. The van der Waals surface area contributed by atoms with Gasteiger partial charge in [0, 0.05) is 13.6 Å². The van der Waals surface area contributed by atoms with E-state index >= 15 is 0 Å². The Morgan fingerprint density at radius 1 is 1.54 bits per heavy atom. The van der Waals surface area contributed by atoms with Crippen LogP contribution >= 0.6 is 20.8 Å². The van der Waals surface area contributed by atoms with Crippen molar-refractivity contribution in [3.8, 4) is 0 Å². The molecular weight excluding hydrogens is 211 g/mol. The normalized spacial score (nSPS) is 17.3. The molecule has 7 heteroatoms. The molecule has 1 rings (SSSR count). The van der Waals surface area contributed by atoms with E-state index in [0.717, 1.165) is 0 Å². The highest BCUT2D eigenvalue weighted by Crippen LogP contribution is 2.42. The van der Waals surface area contributed by atoms with E-state index in [1.165, 1.54) is 0 Å². The van der Waals surface area contributed by atoms with Crippen molar-refractivity contribution in [2.24, 2.45) is 0 Å². The Bertz CT molecular complexity index is 166. The summed E-state index contributed by atoms with van der Waals surface area (Å²) in [4.78, 5) is 0. The van der Waals surface area contributed by atoms with Gasteiger partial charge in [0.15, 0.2) is 5.11 Å². The van der Waals surface area contributed by atoms with Crippen LogP contribution in [0.2, 0.25) is 0 Å². The lowest BCUT2D eigenvalue weighted by Gasteiger charge is -2.09. The van der Waals surface area contributed by atoms with Gasteiger partial charge < -0.3 is 24.2 Å². The van der Waals surface area contributed by atoms with Crippen molar-refractivity contribution in [3.63, 3.8) is 0 Å². The van der Waals surface area contributed by atoms with Gasteiger partial charge in [-0.25, -0.2) is 0 Å². The Labute approximate surface area is 84.1 Å². The molecule has 0 radical (unpaired) electrons. The maximum Gasteiger partial charge on any atom is 0.332 e. The van der Waals surface area contributed by atoms with E-state index in [1.54, 1.807) is 7.05 Å². The Kier molecular flexibility index (Phi) is 5.50. The number of nitrogens with one attached hydrogen (secondary N) is 2. The van der Waals surface area contributed by atoms with Crippen molar-refractivity contribution < 1.29 is 13.6 Å². The van der Waals surface area contributed by atoms with Crippen LogP contribution in [0.3, 0.4) is 0 Å². The largest absolute Gasteiger partial charge is 0.366 e. The average Bonchev–Trinajstić information content (AvgIpc) is 2.64. The van der Waals surface area contributed by atoms with Crippen molar-refractivity contribution in [3.05, 3.63) is 0 Å². The summed E-state index contributed by atoms with van der Waals surface area (Å²) >= 11 is 4.87. The van der Waals surface area contributed by atoms with Crippen molar-refractivity contribution >= 4 is 25.9 Å². The molecule has 0 aliphatic carbocycles. The third-order valence-corrected chi connectivity index (χ3v) is 2.82. The number of thiocarbonyl (C=S) groups is 1. The SMILES string of the molecule is CNC(=S)NCCOP1OCCO1. The van der Waals surface area contributed by atoms with Gasteiger partial charge >= 0.3 is 8.60 Å². The van der Waals surface area contributed by atoms with Gasteiger partial charge in [0.2, 0.25) is 0 Å². The van der Waals surface area contributed by atoms with E-state index < -0.39 is 8.60 Å². The summed E-state index contributed by atoms with van der Waals surface area (Å²) in [5, 5.41) is 6.37. The number of hydrogen-bond donors (Lipinski definition) is 2. The van der Waals surface area contributed by atoms with Crippen molar-refractivity contribution in [2.45, 2.75) is 0 Å². The van der Waals surface area contributed by atoms with E-state index in [1.807, 2.05) is 0 Å². The van der Waals surface area contributed by atoms with Gasteiger partial charge in [-0.05, 0) is 12.2 Å². The van der Waals surface area contributed by atoms with Crippen molar-refractivity contribution in [1.29, 1.82) is 0 Å². The predicted octanol–water partition coefficient (Wildman–Crippen LogP) is 0.371. The smallest absolute Gasteiger partial charge is 0.332 e. The lowest BCUT2D eigenvalue weighted by molar-refractivity contribution is 0.251. The Morgan fingerprint density at radius 3 is 2.85 bits per heavy atom. The summed E-state index contributed by atoms with van der Waals surface area (Å²) in [6.07, 6.45) is 0. The molecule has 5 nitrogen and oxygen atoms in total. The third kappa shape index (κ3) is 4.69. The van der Waals surface area contributed by atoms with Crippen molar-refractivity contribution in [2.75, 3.05) is 33.4 Å². The molecule has 1 aliphatic rings. The second-order valence-electron chi connectivity index (χ2n) is 2.23. The van der Waals surface area contributed by atoms with E-state index in [-0.39, 0.29) is 0 Å². The maximum absolute atomic E-state index is 5.27. The molecule has 0 atom stereocenters. The standard InChI is InChI=1S/C6H13N2O3PS/c1-7-6(13)8-2-3-9-12-10-4-5-11-12/h2-5H2,1H3,(H2,7,8,13). The lowest BCUT2D eigenvalue weighted by Crippen LogP contribution is -2.34. The molecule has 1 heterocycles. The van der Waals surface area contributed by atoms with Crippen molar-refractivity contribution in [1.82, 2.24) is 10.6 Å². The Hall–Kier alpha value is -0.0000000000000000416. The van der Waals surface area contributed by atoms with Gasteiger partial charge in [-0.1, -0.05) is 0 Å². The molecule has 0 saturated carbocycles. The van der Waals surface area contributed by atoms with Crippen LogP contribution in [0.15, 0.2) is 0 Å². The molecule has 0 unspecified atom stereocenters. The van der Waals surface area contributed by atoms with E-state index in [9.17, 15) is 0 Å². The summed E-state index contributed by atoms with van der Waals surface area (Å²) in [6, 6.07) is 0. The molecule has 1 aliphatic heterocycles. The summed E-state index contributed by atoms with van der Waals surface area (Å²) in [7, 11) is 0.683.